The fraction of sp³-hybridized carbons (Fsp3) is 0.556. The van der Waals surface area contributed by atoms with Crippen LogP contribution in [0.5, 0.6) is 0 Å². The maximum absolute atomic E-state index is 14.5. The SMILES string of the molecule is CCn1c(-c2cccnc2[C@H](C)OC)c2c3cc(ccc31)-c1csc(n1)C[C@H](NC(=O)[C@H](C(C)C)N(C)C(=O)N1CC[C@H]1CN)C(=O)N1CCC[C@@](O)(N1)C(=O)OCC(C)(C)C2. The van der Waals surface area contributed by atoms with Crippen molar-refractivity contribution in [3.05, 3.63) is 58.2 Å². The van der Waals surface area contributed by atoms with Crippen molar-refractivity contribution in [2.75, 3.05) is 40.4 Å². The molecule has 3 aliphatic heterocycles. The lowest BCUT2D eigenvalue weighted by Crippen LogP contribution is -2.67. The van der Waals surface area contributed by atoms with E-state index in [-0.39, 0.29) is 56.5 Å². The summed E-state index contributed by atoms with van der Waals surface area (Å²) >= 11 is 1.37. The number of ether oxygens (including phenoxy) is 2. The van der Waals surface area contributed by atoms with Crippen LogP contribution in [0.4, 0.5) is 4.79 Å². The summed E-state index contributed by atoms with van der Waals surface area (Å²) < 4.78 is 14.0. The first kappa shape index (κ1) is 45.1. The molecule has 0 aliphatic carbocycles. The Morgan fingerprint density at radius 2 is 1.97 bits per heavy atom. The minimum Gasteiger partial charge on any atom is -0.462 e. The van der Waals surface area contributed by atoms with E-state index in [0.29, 0.717) is 36.8 Å². The number of likely N-dealkylation sites (N-methyl/N-ethyl adjacent to an activating group) is 1. The van der Waals surface area contributed by atoms with E-state index in [1.807, 2.05) is 52.1 Å². The van der Waals surface area contributed by atoms with Gasteiger partial charge in [0.25, 0.3) is 5.91 Å². The number of hydrogen-bond donors (Lipinski definition) is 4. The molecule has 2 fully saturated rings. The number of fused-ring (bicyclic) bond motifs is 6. The van der Waals surface area contributed by atoms with E-state index in [4.69, 9.17) is 25.2 Å². The third kappa shape index (κ3) is 8.69. The summed E-state index contributed by atoms with van der Waals surface area (Å²) in [6.07, 6.45) is 3.09. The van der Waals surface area contributed by atoms with E-state index in [0.717, 1.165) is 45.4 Å². The van der Waals surface area contributed by atoms with Crippen LogP contribution in [0, 0.1) is 11.3 Å². The topological polar surface area (TPSA) is 197 Å². The Labute approximate surface area is 367 Å². The summed E-state index contributed by atoms with van der Waals surface area (Å²) in [4.78, 5) is 69.2. The molecule has 4 amide bonds. The second-order valence-corrected chi connectivity index (χ2v) is 18.9. The number of amides is 4. The fourth-order valence-corrected chi connectivity index (χ4v) is 9.90. The zero-order chi connectivity index (χ0) is 44.7. The Morgan fingerprint density at radius 3 is 2.65 bits per heavy atom. The number of hydrazine groups is 1. The molecule has 1 aromatic carbocycles. The average Bonchev–Trinajstić information content (AvgIpc) is 3.82. The van der Waals surface area contributed by atoms with E-state index < -0.39 is 41.0 Å². The highest BCUT2D eigenvalue weighted by atomic mass is 32.1. The van der Waals surface area contributed by atoms with Crippen LogP contribution in [0.15, 0.2) is 41.9 Å². The number of hydrogen-bond acceptors (Lipinski definition) is 12. The highest BCUT2D eigenvalue weighted by Crippen LogP contribution is 2.42. The molecule has 6 heterocycles. The average molecular weight is 872 g/mol. The normalized spacial score (nSPS) is 22.8. The van der Waals surface area contributed by atoms with E-state index in [1.165, 1.54) is 21.2 Å². The van der Waals surface area contributed by atoms with Crippen molar-refractivity contribution in [1.82, 2.24) is 40.1 Å². The maximum Gasteiger partial charge on any atom is 0.355 e. The zero-order valence-corrected chi connectivity index (χ0v) is 37.9. The lowest BCUT2D eigenvalue weighted by atomic mass is 9.84. The molecule has 0 spiro atoms. The van der Waals surface area contributed by atoms with E-state index >= 15 is 0 Å². The second kappa shape index (κ2) is 18.0. The Balaban J connectivity index is 1.31. The predicted molar refractivity (Wildman–Crippen MR) is 236 cm³/mol. The fourth-order valence-electron chi connectivity index (χ4n) is 9.05. The van der Waals surface area contributed by atoms with Gasteiger partial charge in [-0.2, -0.15) is 5.43 Å². The smallest absolute Gasteiger partial charge is 0.355 e. The van der Waals surface area contributed by atoms with E-state index in [1.54, 1.807) is 25.3 Å². The summed E-state index contributed by atoms with van der Waals surface area (Å²) in [5.74, 6) is -2.30. The largest absolute Gasteiger partial charge is 0.462 e. The number of aryl methyl sites for hydroxylation is 1. The highest BCUT2D eigenvalue weighted by molar-refractivity contribution is 7.10. The Bertz CT molecular complexity index is 2320. The van der Waals surface area contributed by atoms with Gasteiger partial charge in [-0.1, -0.05) is 33.8 Å². The van der Waals surface area contributed by atoms with E-state index in [2.05, 4.69) is 40.4 Å². The van der Waals surface area contributed by atoms with Gasteiger partial charge >= 0.3 is 12.0 Å². The number of nitrogens with one attached hydrogen (secondary N) is 2. The number of carbonyl (C=O) groups excluding carboxylic acids is 4. The first-order chi connectivity index (χ1) is 29.5. The summed E-state index contributed by atoms with van der Waals surface area (Å²) in [6.45, 7) is 13.5. The van der Waals surface area contributed by atoms with Crippen LogP contribution >= 0.6 is 11.3 Å². The summed E-state index contributed by atoms with van der Waals surface area (Å²) in [5, 5.41) is 19.5. The van der Waals surface area contributed by atoms with Crippen molar-refractivity contribution < 1.29 is 33.8 Å². The Morgan fingerprint density at radius 1 is 1.19 bits per heavy atom. The highest BCUT2D eigenvalue weighted by Gasteiger charge is 2.46. The Hall–Kier alpha value is -4.94. The number of nitrogens with zero attached hydrogens (tertiary/aromatic N) is 6. The number of aromatic nitrogens is 3. The standard InChI is InChI=1S/C45H61N9O7S/c1-9-52-35-14-13-28-20-31(35)32(39(52)30-12-10-17-47-37(30)27(4)60-8)22-44(5,6)25-61-42(57)45(59)16-11-18-54(50-45)41(56)33(21-36-48-34(28)24-62-36)49-40(55)38(26(2)3)51(7)43(58)53-19-15-29(53)23-46/h10,12-14,17,20,24,26-27,29,33,38,50,59H,9,11,15-16,18-19,21-23,25,46H2,1-8H3,(H,49,55)/t27-,29-,33-,38-,45-/m0/s1. The van der Waals surface area contributed by atoms with Crippen molar-refractivity contribution in [2.24, 2.45) is 17.1 Å². The van der Waals surface area contributed by atoms with Crippen LogP contribution < -0.4 is 16.5 Å². The number of nitrogens with two attached hydrogens (primary N) is 1. The molecule has 17 heteroatoms. The molecule has 3 aliphatic rings. The molecule has 16 nitrogen and oxygen atoms in total. The molecule has 0 saturated carbocycles. The molecule has 5 N–H and O–H groups in total. The third-order valence-corrected chi connectivity index (χ3v) is 13.4. The van der Waals surface area contributed by atoms with Gasteiger partial charge in [-0.05, 0) is 68.9 Å². The number of thiazole rings is 1. The molecule has 334 valence electrons. The quantitative estimate of drug-likeness (QED) is 0.171. The van der Waals surface area contributed by atoms with Crippen LogP contribution in [0.25, 0.3) is 33.4 Å². The molecular formula is C45H61N9O7S. The minimum absolute atomic E-state index is 0.00388. The maximum atomic E-state index is 14.5. The number of pyridine rings is 1. The number of esters is 1. The number of carbonyl (C=O) groups is 4. The van der Waals surface area contributed by atoms with Crippen molar-refractivity contribution >= 4 is 46.1 Å². The molecule has 7 rings (SSSR count). The summed E-state index contributed by atoms with van der Waals surface area (Å²) in [7, 11) is 3.26. The summed E-state index contributed by atoms with van der Waals surface area (Å²) in [6, 6.07) is 7.79. The number of benzene rings is 1. The number of cyclic esters (lactones) is 1. The van der Waals surface area contributed by atoms with Gasteiger partial charge in [0.2, 0.25) is 11.6 Å². The number of rotatable bonds is 9. The van der Waals surface area contributed by atoms with E-state index in [9.17, 15) is 24.3 Å². The first-order valence-corrected chi connectivity index (χ1v) is 22.5. The van der Waals surface area contributed by atoms with Gasteiger partial charge in [-0.3, -0.25) is 19.6 Å². The van der Waals surface area contributed by atoms with Gasteiger partial charge in [-0.15, -0.1) is 11.3 Å². The second-order valence-electron chi connectivity index (χ2n) is 17.9. The van der Waals surface area contributed by atoms with Crippen LogP contribution in [0.3, 0.4) is 0 Å². The van der Waals surface area contributed by atoms with Gasteiger partial charge in [0.05, 0.1) is 34.8 Å². The molecule has 62 heavy (non-hydrogen) atoms. The zero-order valence-electron chi connectivity index (χ0n) is 37.1. The monoisotopic (exact) mass is 871 g/mol. The number of methoxy groups -OCH3 is 1. The molecule has 6 bridgehead atoms. The van der Waals surface area contributed by atoms with Gasteiger partial charge in [0.15, 0.2) is 0 Å². The molecular weight excluding hydrogens is 811 g/mol. The molecule has 0 unspecified atom stereocenters. The van der Waals surface area contributed by atoms with Gasteiger partial charge in [0, 0.05) is 98.2 Å². The van der Waals surface area contributed by atoms with Crippen LogP contribution in [-0.2, 0) is 43.2 Å². The lowest BCUT2D eigenvalue weighted by Gasteiger charge is -2.44. The molecule has 5 atom stereocenters. The molecule has 2 saturated heterocycles. The van der Waals surface area contributed by atoms with Crippen molar-refractivity contribution in [3.63, 3.8) is 0 Å². The van der Waals surface area contributed by atoms with Gasteiger partial charge < -0.3 is 40.0 Å². The molecule has 0 radical (unpaired) electrons. The van der Waals surface area contributed by atoms with Gasteiger partial charge in [-0.25, -0.2) is 14.6 Å². The lowest BCUT2D eigenvalue weighted by molar-refractivity contribution is -0.189. The number of aliphatic hydroxyl groups is 1. The minimum atomic E-state index is -2.21. The Kier molecular flexibility index (Phi) is 13.1. The molecule has 3 aromatic heterocycles. The first-order valence-electron chi connectivity index (χ1n) is 21.6. The number of urea groups is 1. The van der Waals surface area contributed by atoms with Crippen LogP contribution in [0.2, 0.25) is 0 Å². The summed E-state index contributed by atoms with van der Waals surface area (Å²) in [5.41, 5.74) is 12.2. The molecule has 4 aromatic rings. The van der Waals surface area contributed by atoms with Crippen molar-refractivity contribution in [2.45, 2.75) is 110 Å². The van der Waals surface area contributed by atoms with Crippen LogP contribution in [-0.4, -0.2) is 123 Å². The predicted octanol–water partition coefficient (Wildman–Crippen LogP) is 4.63. The third-order valence-electron chi connectivity index (χ3n) is 12.5. The van der Waals surface area contributed by atoms with Crippen molar-refractivity contribution in [1.29, 1.82) is 0 Å². The number of likely N-dealkylation sites (tertiary alicyclic amines) is 1. The van der Waals surface area contributed by atoms with Gasteiger partial charge in [0.1, 0.15) is 12.1 Å². The van der Waals surface area contributed by atoms with Crippen molar-refractivity contribution in [3.8, 4) is 22.5 Å². The van der Waals surface area contributed by atoms with Crippen LogP contribution in [0.1, 0.15) is 83.2 Å².